The molecule has 70 valence electrons. The van der Waals surface area contributed by atoms with Crippen molar-refractivity contribution < 1.29 is 4.79 Å². The summed E-state index contributed by atoms with van der Waals surface area (Å²) in [4.78, 5) is 14.3. The highest BCUT2D eigenvalue weighted by Crippen LogP contribution is 2.06. The Morgan fingerprint density at radius 2 is 2.50 bits per heavy atom. The van der Waals surface area contributed by atoms with Crippen LogP contribution < -0.4 is 5.73 Å². The first-order chi connectivity index (χ1) is 6.74. The predicted octanol–water partition coefficient (Wildman–Crippen LogP) is 0.842. The molecule has 0 aliphatic rings. The third-order valence-electron chi connectivity index (χ3n) is 1.56. The van der Waals surface area contributed by atoms with Gasteiger partial charge >= 0.3 is 0 Å². The summed E-state index contributed by atoms with van der Waals surface area (Å²) >= 11 is 0. The molecule has 0 spiro atoms. The summed E-state index contributed by atoms with van der Waals surface area (Å²) in [7, 11) is 0. The molecular formula is C10H9N3O. The van der Waals surface area contributed by atoms with Gasteiger partial charge in [0.25, 0.3) is 0 Å². The van der Waals surface area contributed by atoms with E-state index in [9.17, 15) is 4.79 Å². The molecule has 1 amide bonds. The minimum atomic E-state index is -0.399. The molecule has 1 rings (SSSR count). The van der Waals surface area contributed by atoms with Crippen molar-refractivity contribution in [3.8, 4) is 6.07 Å². The van der Waals surface area contributed by atoms with Gasteiger partial charge in [-0.25, -0.2) is 4.98 Å². The Bertz CT molecular complexity index is 404. The van der Waals surface area contributed by atoms with Crippen LogP contribution in [0.1, 0.15) is 17.7 Å². The van der Waals surface area contributed by atoms with Crippen LogP contribution in [0.4, 0.5) is 0 Å². The first kappa shape index (κ1) is 9.93. The van der Waals surface area contributed by atoms with Gasteiger partial charge < -0.3 is 5.73 Å². The summed E-state index contributed by atoms with van der Waals surface area (Å²) in [5.74, 6) is -0.399. The molecule has 1 heterocycles. The average molecular weight is 187 g/mol. The third kappa shape index (κ3) is 2.72. The third-order valence-corrected chi connectivity index (χ3v) is 1.56. The van der Waals surface area contributed by atoms with Crippen LogP contribution in [0.15, 0.2) is 24.4 Å². The van der Waals surface area contributed by atoms with Gasteiger partial charge in [-0.2, -0.15) is 5.26 Å². The number of pyridine rings is 1. The van der Waals surface area contributed by atoms with E-state index in [2.05, 4.69) is 4.98 Å². The highest BCUT2D eigenvalue weighted by molar-refractivity contribution is 5.76. The van der Waals surface area contributed by atoms with E-state index in [1.807, 2.05) is 6.07 Å². The smallest absolute Gasteiger partial charge is 0.221 e. The van der Waals surface area contributed by atoms with Crippen molar-refractivity contribution >= 4 is 12.0 Å². The lowest BCUT2D eigenvalue weighted by molar-refractivity contribution is -0.117. The van der Waals surface area contributed by atoms with E-state index in [4.69, 9.17) is 11.0 Å². The van der Waals surface area contributed by atoms with Gasteiger partial charge in [0.05, 0.1) is 0 Å². The number of carbonyl (C=O) groups is 1. The molecular weight excluding hydrogens is 178 g/mol. The maximum absolute atomic E-state index is 10.4. The molecule has 1 aromatic heterocycles. The standard InChI is InChI=1S/C10H9N3O/c11-7-9-8(4-2-6-13-9)3-1-5-10(12)14/h1-4,6H,5H2,(H2,12,14). The molecule has 0 fully saturated rings. The summed E-state index contributed by atoms with van der Waals surface area (Å²) < 4.78 is 0. The largest absolute Gasteiger partial charge is 0.369 e. The minimum Gasteiger partial charge on any atom is -0.369 e. The minimum absolute atomic E-state index is 0.166. The van der Waals surface area contributed by atoms with E-state index < -0.39 is 5.91 Å². The van der Waals surface area contributed by atoms with Crippen molar-refractivity contribution in [2.75, 3.05) is 0 Å². The Morgan fingerprint density at radius 1 is 1.71 bits per heavy atom. The Morgan fingerprint density at radius 3 is 3.14 bits per heavy atom. The van der Waals surface area contributed by atoms with Gasteiger partial charge in [-0.1, -0.05) is 18.2 Å². The first-order valence-corrected chi connectivity index (χ1v) is 4.04. The van der Waals surface area contributed by atoms with Crippen molar-refractivity contribution in [3.63, 3.8) is 0 Å². The molecule has 4 heteroatoms. The normalized spacial score (nSPS) is 9.93. The zero-order valence-electron chi connectivity index (χ0n) is 7.47. The maximum atomic E-state index is 10.4. The fourth-order valence-corrected chi connectivity index (χ4v) is 0.948. The van der Waals surface area contributed by atoms with Gasteiger partial charge in [-0.3, -0.25) is 4.79 Å². The number of hydrogen-bond donors (Lipinski definition) is 1. The average Bonchev–Trinajstić information content (AvgIpc) is 2.18. The zero-order chi connectivity index (χ0) is 10.4. The summed E-state index contributed by atoms with van der Waals surface area (Å²) in [6.45, 7) is 0. The molecule has 0 aromatic carbocycles. The second-order valence-corrected chi connectivity index (χ2v) is 2.63. The van der Waals surface area contributed by atoms with Gasteiger partial charge in [0.1, 0.15) is 11.8 Å². The molecule has 0 saturated carbocycles. The van der Waals surface area contributed by atoms with Crippen molar-refractivity contribution in [1.29, 1.82) is 5.26 Å². The van der Waals surface area contributed by atoms with Crippen LogP contribution in [0.2, 0.25) is 0 Å². The van der Waals surface area contributed by atoms with Crippen LogP contribution in [0.5, 0.6) is 0 Å². The number of carbonyl (C=O) groups excluding carboxylic acids is 1. The van der Waals surface area contributed by atoms with Crippen molar-refractivity contribution in [1.82, 2.24) is 4.98 Å². The van der Waals surface area contributed by atoms with Crippen molar-refractivity contribution in [3.05, 3.63) is 35.7 Å². The van der Waals surface area contributed by atoms with Crippen LogP contribution >= 0.6 is 0 Å². The van der Waals surface area contributed by atoms with Crippen molar-refractivity contribution in [2.24, 2.45) is 5.73 Å². The molecule has 14 heavy (non-hydrogen) atoms. The lowest BCUT2D eigenvalue weighted by atomic mass is 10.2. The molecule has 0 radical (unpaired) electrons. The molecule has 1 aromatic rings. The van der Waals surface area contributed by atoms with Gasteiger partial charge in [-0.05, 0) is 6.07 Å². The zero-order valence-corrected chi connectivity index (χ0v) is 7.47. The second kappa shape index (κ2) is 4.77. The van der Waals surface area contributed by atoms with E-state index >= 15 is 0 Å². The topological polar surface area (TPSA) is 79.8 Å². The van der Waals surface area contributed by atoms with Crippen LogP contribution in [0, 0.1) is 11.3 Å². The van der Waals surface area contributed by atoms with Crippen LogP contribution in [-0.2, 0) is 4.79 Å². The Hall–Kier alpha value is -2.15. The molecule has 0 atom stereocenters. The number of aromatic nitrogens is 1. The fourth-order valence-electron chi connectivity index (χ4n) is 0.948. The fraction of sp³-hybridized carbons (Fsp3) is 0.100. The van der Waals surface area contributed by atoms with Crippen molar-refractivity contribution in [2.45, 2.75) is 6.42 Å². The Labute approximate surface area is 81.7 Å². The molecule has 0 aliphatic heterocycles. The molecule has 4 nitrogen and oxygen atoms in total. The predicted molar refractivity (Wildman–Crippen MR) is 51.8 cm³/mol. The Balaban J connectivity index is 2.81. The van der Waals surface area contributed by atoms with Gasteiger partial charge in [0.15, 0.2) is 0 Å². The second-order valence-electron chi connectivity index (χ2n) is 2.63. The van der Waals surface area contributed by atoms with Gasteiger partial charge in [-0.15, -0.1) is 0 Å². The van der Waals surface area contributed by atoms with E-state index in [-0.39, 0.29) is 6.42 Å². The molecule has 0 aliphatic carbocycles. The Kier molecular flexibility index (Phi) is 3.39. The number of nitriles is 1. The monoisotopic (exact) mass is 187 g/mol. The summed E-state index contributed by atoms with van der Waals surface area (Å²) in [5, 5.41) is 8.69. The molecule has 0 saturated heterocycles. The summed E-state index contributed by atoms with van der Waals surface area (Å²) in [6.07, 6.45) is 4.99. The van der Waals surface area contributed by atoms with Gasteiger partial charge in [0.2, 0.25) is 5.91 Å². The number of hydrogen-bond acceptors (Lipinski definition) is 3. The molecule has 2 N–H and O–H groups in total. The van der Waals surface area contributed by atoms with Crippen LogP contribution in [0.25, 0.3) is 6.08 Å². The number of rotatable bonds is 3. The van der Waals surface area contributed by atoms with E-state index in [0.717, 1.165) is 0 Å². The number of amides is 1. The number of primary amides is 1. The summed E-state index contributed by atoms with van der Waals surface area (Å²) in [6, 6.07) is 5.44. The quantitative estimate of drug-likeness (QED) is 0.761. The highest BCUT2D eigenvalue weighted by Gasteiger charge is 1.97. The summed E-state index contributed by atoms with van der Waals surface area (Å²) in [5.41, 5.74) is 5.99. The SMILES string of the molecule is N#Cc1ncccc1C=CCC(N)=O. The maximum Gasteiger partial charge on any atom is 0.221 e. The van der Waals surface area contributed by atoms with Crippen LogP contribution in [-0.4, -0.2) is 10.9 Å². The van der Waals surface area contributed by atoms with Crippen LogP contribution in [0.3, 0.4) is 0 Å². The van der Waals surface area contributed by atoms with E-state index in [1.165, 1.54) is 0 Å². The van der Waals surface area contributed by atoms with E-state index in [1.54, 1.807) is 30.5 Å². The van der Waals surface area contributed by atoms with E-state index in [0.29, 0.717) is 11.3 Å². The molecule has 0 unspecified atom stereocenters. The lowest BCUT2D eigenvalue weighted by Gasteiger charge is -1.94. The number of nitrogens with two attached hydrogens (primary N) is 1. The van der Waals surface area contributed by atoms with Gasteiger partial charge in [0, 0.05) is 18.2 Å². The first-order valence-electron chi connectivity index (χ1n) is 4.04. The molecule has 0 bridgehead atoms. The lowest BCUT2D eigenvalue weighted by Crippen LogP contribution is -2.07. The highest BCUT2D eigenvalue weighted by atomic mass is 16.1. The number of nitrogens with zero attached hydrogens (tertiary/aromatic N) is 2.